The van der Waals surface area contributed by atoms with Gasteiger partial charge in [0, 0.05) is 54.2 Å². The highest BCUT2D eigenvalue weighted by Crippen LogP contribution is 2.37. The molecule has 1 saturated carbocycles. The number of thiophene rings is 1. The zero-order chi connectivity index (χ0) is 22.9. The number of hydrogen-bond acceptors (Lipinski definition) is 6. The van der Waals surface area contributed by atoms with E-state index < -0.39 is 0 Å². The first-order valence-corrected chi connectivity index (χ1v) is 12.4. The number of aliphatic hydroxyl groups is 2. The van der Waals surface area contributed by atoms with Crippen LogP contribution in [0.5, 0.6) is 5.88 Å². The van der Waals surface area contributed by atoms with E-state index in [1.54, 1.807) is 28.5 Å². The van der Waals surface area contributed by atoms with Crippen LogP contribution < -0.4 is 4.74 Å². The molecule has 1 amide bonds. The number of piperidine rings is 1. The van der Waals surface area contributed by atoms with Crippen LogP contribution in [0.4, 0.5) is 0 Å². The highest BCUT2D eigenvalue weighted by Gasteiger charge is 2.29. The van der Waals surface area contributed by atoms with Crippen LogP contribution in [-0.2, 0) is 0 Å². The van der Waals surface area contributed by atoms with Gasteiger partial charge < -0.3 is 19.8 Å². The van der Waals surface area contributed by atoms with E-state index in [1.807, 2.05) is 24.3 Å². The van der Waals surface area contributed by atoms with Crippen molar-refractivity contribution in [3.63, 3.8) is 0 Å². The predicted octanol–water partition coefficient (Wildman–Crippen LogP) is 4.63. The van der Waals surface area contributed by atoms with Gasteiger partial charge in [0.15, 0.2) is 0 Å². The van der Waals surface area contributed by atoms with E-state index in [1.165, 1.54) is 0 Å². The molecule has 2 N–H and O–H groups in total. The van der Waals surface area contributed by atoms with Gasteiger partial charge >= 0.3 is 0 Å². The molecule has 6 nitrogen and oxygen atoms in total. The van der Waals surface area contributed by atoms with Gasteiger partial charge in [-0.3, -0.25) is 4.79 Å². The van der Waals surface area contributed by atoms with Gasteiger partial charge in [0.1, 0.15) is 6.10 Å². The fourth-order valence-corrected chi connectivity index (χ4v) is 5.48. The van der Waals surface area contributed by atoms with Crippen molar-refractivity contribution in [2.75, 3.05) is 13.1 Å². The van der Waals surface area contributed by atoms with Crippen LogP contribution in [0.15, 0.2) is 48.0 Å². The zero-order valence-corrected chi connectivity index (χ0v) is 19.6. The minimum atomic E-state index is -0.317. The Morgan fingerprint density at radius 1 is 1.06 bits per heavy atom. The van der Waals surface area contributed by atoms with Gasteiger partial charge in [-0.2, -0.15) is 0 Å². The van der Waals surface area contributed by atoms with E-state index in [0.717, 1.165) is 21.6 Å². The molecule has 0 spiro atoms. The van der Waals surface area contributed by atoms with E-state index in [0.29, 0.717) is 55.2 Å². The summed E-state index contributed by atoms with van der Waals surface area (Å²) in [7, 11) is 0. The van der Waals surface area contributed by atoms with Crippen LogP contribution in [0.2, 0.25) is 5.02 Å². The number of likely N-dealkylation sites (tertiary alicyclic amines) is 1. The van der Waals surface area contributed by atoms with Gasteiger partial charge in [-0.25, -0.2) is 4.98 Å². The summed E-state index contributed by atoms with van der Waals surface area (Å²) in [5.41, 5.74) is 3.48. The van der Waals surface area contributed by atoms with Crippen molar-refractivity contribution in [1.82, 2.24) is 9.88 Å². The van der Waals surface area contributed by atoms with Crippen molar-refractivity contribution < 1.29 is 19.7 Å². The second-order valence-electron chi connectivity index (χ2n) is 8.67. The van der Waals surface area contributed by atoms with Gasteiger partial charge in [-0.1, -0.05) is 17.7 Å². The number of nitrogens with zero attached hydrogens (tertiary/aromatic N) is 2. The maximum Gasteiger partial charge on any atom is 0.253 e. The number of rotatable bonds is 5. The summed E-state index contributed by atoms with van der Waals surface area (Å²) < 4.78 is 5.85. The highest BCUT2D eigenvalue weighted by atomic mass is 35.5. The first-order valence-electron chi connectivity index (χ1n) is 11.1. The molecule has 2 aliphatic rings. The molecule has 2 aromatic heterocycles. The number of carbonyl (C=O) groups excluding carboxylic acids is 1. The van der Waals surface area contributed by atoms with Gasteiger partial charge in [-0.05, 0) is 53.6 Å². The summed E-state index contributed by atoms with van der Waals surface area (Å²) in [6.07, 6.45) is 3.68. The smallest absolute Gasteiger partial charge is 0.253 e. The number of carbonyl (C=O) groups is 1. The van der Waals surface area contributed by atoms with Gasteiger partial charge in [0.2, 0.25) is 5.88 Å². The fraction of sp³-hybridized carbons (Fsp3) is 0.360. The highest BCUT2D eigenvalue weighted by molar-refractivity contribution is 7.14. The molecule has 1 aliphatic heterocycles. The molecular formula is C25H25ClN2O4S. The maximum atomic E-state index is 12.8. The molecule has 8 heteroatoms. The van der Waals surface area contributed by atoms with Gasteiger partial charge in [0.05, 0.1) is 17.2 Å². The van der Waals surface area contributed by atoms with Crippen molar-refractivity contribution in [2.24, 2.45) is 0 Å². The van der Waals surface area contributed by atoms with Crippen LogP contribution in [-0.4, -0.2) is 57.4 Å². The zero-order valence-electron chi connectivity index (χ0n) is 18.0. The monoisotopic (exact) mass is 484 g/mol. The normalized spacial score (nSPS) is 21.0. The summed E-state index contributed by atoms with van der Waals surface area (Å²) in [5, 5.41) is 21.7. The third-order valence-electron chi connectivity index (χ3n) is 6.26. The Hall–Kier alpha value is -2.45. The summed E-state index contributed by atoms with van der Waals surface area (Å²) in [6, 6.07) is 11.4. The van der Waals surface area contributed by atoms with E-state index in [4.69, 9.17) is 16.3 Å². The average Bonchev–Trinajstić information content (AvgIpc) is 3.28. The quantitative estimate of drug-likeness (QED) is 0.551. The summed E-state index contributed by atoms with van der Waals surface area (Å²) in [5.74, 6) is 0.508. The standard InChI is InChI=1S/C25H25ClN2O4S/c26-22-9-16(25(31)28-7-4-18(29)5-8-28)1-2-21(22)23-10-17(14-33-23)15-3-6-27-24(11-15)32-20-12-19(30)13-20/h1-3,6,9-11,14,18-20,29-30H,4-5,7-8,12-13H2. The van der Waals surface area contributed by atoms with Crippen molar-refractivity contribution in [2.45, 2.75) is 44.0 Å². The molecule has 0 atom stereocenters. The second-order valence-corrected chi connectivity index (χ2v) is 9.98. The maximum absolute atomic E-state index is 12.8. The van der Waals surface area contributed by atoms with Crippen molar-refractivity contribution in [3.05, 3.63) is 58.6 Å². The lowest BCUT2D eigenvalue weighted by Crippen LogP contribution is -2.40. The molecule has 172 valence electrons. The summed E-state index contributed by atoms with van der Waals surface area (Å²) >= 11 is 8.18. The van der Waals surface area contributed by atoms with Crippen molar-refractivity contribution in [3.8, 4) is 27.4 Å². The number of benzene rings is 1. The summed E-state index contributed by atoms with van der Waals surface area (Å²) in [4.78, 5) is 19.9. The van der Waals surface area contributed by atoms with Crippen LogP contribution in [0.25, 0.3) is 21.6 Å². The number of amides is 1. The molecule has 0 radical (unpaired) electrons. The number of aromatic nitrogens is 1. The van der Waals surface area contributed by atoms with E-state index in [9.17, 15) is 15.0 Å². The molecule has 1 aliphatic carbocycles. The molecule has 3 heterocycles. The fourth-order valence-electron chi connectivity index (χ4n) is 4.19. The Morgan fingerprint density at radius 3 is 2.58 bits per heavy atom. The van der Waals surface area contributed by atoms with Crippen molar-refractivity contribution in [1.29, 1.82) is 0 Å². The Kier molecular flexibility index (Phi) is 6.38. The molecule has 1 saturated heterocycles. The Labute approximate surface area is 201 Å². The number of aliphatic hydroxyl groups excluding tert-OH is 2. The van der Waals surface area contributed by atoms with Crippen LogP contribution in [0.1, 0.15) is 36.0 Å². The lowest BCUT2D eigenvalue weighted by atomic mass is 9.92. The molecule has 1 aromatic carbocycles. The van der Waals surface area contributed by atoms with Crippen LogP contribution >= 0.6 is 22.9 Å². The minimum Gasteiger partial charge on any atom is -0.474 e. The molecule has 2 fully saturated rings. The molecule has 5 rings (SSSR count). The average molecular weight is 485 g/mol. The third kappa shape index (κ3) is 4.92. The second kappa shape index (κ2) is 9.43. The van der Waals surface area contributed by atoms with Crippen LogP contribution in [0, 0.1) is 0 Å². The Balaban J connectivity index is 1.31. The summed E-state index contributed by atoms with van der Waals surface area (Å²) in [6.45, 7) is 1.12. The largest absolute Gasteiger partial charge is 0.474 e. The number of halogens is 1. The van der Waals surface area contributed by atoms with Crippen molar-refractivity contribution >= 4 is 28.8 Å². The SMILES string of the molecule is O=C(c1ccc(-c2cc(-c3ccnc(OC4CC(O)C4)c3)cs2)c(Cl)c1)N1CCC(O)CC1. The predicted molar refractivity (Wildman–Crippen MR) is 129 cm³/mol. The first-order chi connectivity index (χ1) is 16.0. The molecular weight excluding hydrogens is 460 g/mol. The van der Waals surface area contributed by atoms with Gasteiger partial charge in [0.25, 0.3) is 5.91 Å². The molecule has 3 aromatic rings. The molecule has 0 bridgehead atoms. The number of ether oxygens (including phenoxy) is 1. The lowest BCUT2D eigenvalue weighted by Gasteiger charge is -2.31. The number of pyridine rings is 1. The Bertz CT molecular complexity index is 1150. The van der Waals surface area contributed by atoms with Crippen LogP contribution in [0.3, 0.4) is 0 Å². The lowest BCUT2D eigenvalue weighted by molar-refractivity contribution is -0.0128. The molecule has 0 unspecified atom stereocenters. The molecule has 33 heavy (non-hydrogen) atoms. The topological polar surface area (TPSA) is 82.9 Å². The van der Waals surface area contributed by atoms with E-state index in [2.05, 4.69) is 16.4 Å². The van der Waals surface area contributed by atoms with E-state index in [-0.39, 0.29) is 24.2 Å². The third-order valence-corrected chi connectivity index (χ3v) is 7.53. The Morgan fingerprint density at radius 2 is 1.85 bits per heavy atom. The van der Waals surface area contributed by atoms with E-state index >= 15 is 0 Å². The van der Waals surface area contributed by atoms with Gasteiger partial charge in [-0.15, -0.1) is 11.3 Å². The minimum absolute atomic E-state index is 0.0239. The first kappa shape index (κ1) is 22.3. The number of hydrogen-bond donors (Lipinski definition) is 2.